The number of pyridine rings is 1. The molecular weight excluding hydrogens is 462 g/mol. The fourth-order valence-electron chi connectivity index (χ4n) is 3.10. The van der Waals surface area contributed by atoms with Crippen LogP contribution < -0.4 is 10.1 Å². The van der Waals surface area contributed by atoms with E-state index in [2.05, 4.69) is 29.4 Å². The number of para-hydroxylation sites is 1. The Morgan fingerprint density at radius 1 is 1.00 bits per heavy atom. The Kier molecular flexibility index (Phi) is 8.54. The zero-order chi connectivity index (χ0) is 26.1. The molecule has 4 aromatic rings. The van der Waals surface area contributed by atoms with Crippen LogP contribution in [0.3, 0.4) is 0 Å². The Morgan fingerprint density at radius 2 is 1.64 bits per heavy atom. The van der Waals surface area contributed by atoms with Gasteiger partial charge in [0.05, 0.1) is 6.54 Å². The number of aromatic hydroxyl groups is 1. The standard InChI is InChI=1S/C20H15N3O6.C7H8/c21-9-15-14-8-12(29-11-4-2-1-3-5-11)6-7-13(14)18(25)17(23-15)19(26)22-10-16(24)20(27)28;1-7-5-3-2-4-6-7/h1-8,16,24-25H,10H2,(H,22,26)(H,27,28);2-6H,1H3. The number of carbonyl (C=O) groups is 2. The fraction of sp³-hybridized carbons (Fsp3) is 0.111. The maximum atomic E-state index is 12.2. The van der Waals surface area contributed by atoms with Crippen molar-refractivity contribution < 1.29 is 29.6 Å². The Labute approximate surface area is 206 Å². The van der Waals surface area contributed by atoms with Gasteiger partial charge < -0.3 is 25.4 Å². The van der Waals surface area contributed by atoms with E-state index in [9.17, 15) is 25.1 Å². The molecule has 1 aromatic heterocycles. The highest BCUT2D eigenvalue weighted by atomic mass is 16.5. The van der Waals surface area contributed by atoms with Crippen molar-refractivity contribution in [3.8, 4) is 23.3 Å². The number of fused-ring (bicyclic) bond motifs is 1. The van der Waals surface area contributed by atoms with Crippen LogP contribution in [0.5, 0.6) is 17.2 Å². The van der Waals surface area contributed by atoms with Gasteiger partial charge in [-0.25, -0.2) is 9.78 Å². The van der Waals surface area contributed by atoms with Crippen LogP contribution in [0.4, 0.5) is 0 Å². The molecule has 1 heterocycles. The average molecular weight is 485 g/mol. The number of hydrogen-bond donors (Lipinski definition) is 4. The number of aliphatic hydroxyl groups excluding tert-OH is 1. The molecule has 1 amide bonds. The third-order valence-corrected chi connectivity index (χ3v) is 4.93. The highest BCUT2D eigenvalue weighted by Crippen LogP contribution is 2.33. The number of benzene rings is 3. The van der Waals surface area contributed by atoms with E-state index in [1.165, 1.54) is 17.7 Å². The van der Waals surface area contributed by atoms with E-state index < -0.39 is 36.0 Å². The van der Waals surface area contributed by atoms with Gasteiger partial charge in [0, 0.05) is 10.8 Å². The SMILES string of the molecule is Cc1ccccc1.N#Cc1nc(C(=O)NCC(O)C(=O)O)c(O)c2ccc(Oc3ccccc3)cc12. The molecule has 4 N–H and O–H groups in total. The lowest BCUT2D eigenvalue weighted by Gasteiger charge is -2.12. The zero-order valence-corrected chi connectivity index (χ0v) is 19.3. The Balaban J connectivity index is 0.000000444. The number of aromatic nitrogens is 1. The predicted molar refractivity (Wildman–Crippen MR) is 132 cm³/mol. The number of carboxylic acid groups (broad SMARTS) is 1. The Bertz CT molecular complexity index is 1400. The number of nitrogens with one attached hydrogen (secondary N) is 1. The van der Waals surface area contributed by atoms with Gasteiger partial charge in [-0.3, -0.25) is 4.79 Å². The van der Waals surface area contributed by atoms with Gasteiger partial charge in [-0.05, 0) is 37.3 Å². The molecule has 0 aliphatic heterocycles. The summed E-state index contributed by atoms with van der Waals surface area (Å²) in [6.07, 6.45) is -1.81. The summed E-state index contributed by atoms with van der Waals surface area (Å²) in [6, 6.07) is 25.6. The van der Waals surface area contributed by atoms with Crippen molar-refractivity contribution in [2.45, 2.75) is 13.0 Å². The summed E-state index contributed by atoms with van der Waals surface area (Å²) < 4.78 is 5.71. The second-order valence-electron chi connectivity index (χ2n) is 7.61. The molecule has 0 fully saturated rings. The number of amides is 1. The lowest BCUT2D eigenvalue weighted by atomic mass is 10.1. The summed E-state index contributed by atoms with van der Waals surface area (Å²) in [5.74, 6) is -1.93. The highest BCUT2D eigenvalue weighted by molar-refractivity contribution is 6.03. The monoisotopic (exact) mass is 485 g/mol. The van der Waals surface area contributed by atoms with E-state index in [0.717, 1.165) is 0 Å². The van der Waals surface area contributed by atoms with Crippen LogP contribution in [0, 0.1) is 18.3 Å². The van der Waals surface area contributed by atoms with Crippen molar-refractivity contribution in [2.75, 3.05) is 6.54 Å². The molecule has 0 saturated heterocycles. The molecule has 0 bridgehead atoms. The van der Waals surface area contributed by atoms with Gasteiger partial charge in [-0.15, -0.1) is 0 Å². The summed E-state index contributed by atoms with van der Waals surface area (Å²) in [5.41, 5.74) is 0.742. The molecule has 0 aliphatic rings. The molecule has 0 aliphatic carbocycles. The van der Waals surface area contributed by atoms with Gasteiger partial charge in [-0.1, -0.05) is 54.1 Å². The van der Waals surface area contributed by atoms with Crippen molar-refractivity contribution in [2.24, 2.45) is 0 Å². The molecule has 0 saturated carbocycles. The lowest BCUT2D eigenvalue weighted by molar-refractivity contribution is -0.146. The second-order valence-corrected chi connectivity index (χ2v) is 7.61. The van der Waals surface area contributed by atoms with E-state index in [1.807, 2.05) is 30.3 Å². The van der Waals surface area contributed by atoms with Crippen molar-refractivity contribution in [3.63, 3.8) is 0 Å². The minimum absolute atomic E-state index is 0.125. The molecule has 3 aromatic carbocycles. The number of aliphatic hydroxyl groups is 1. The summed E-state index contributed by atoms with van der Waals surface area (Å²) in [6.45, 7) is 1.50. The first-order chi connectivity index (χ1) is 17.3. The van der Waals surface area contributed by atoms with Gasteiger partial charge in [0.15, 0.2) is 17.5 Å². The topological polar surface area (TPSA) is 153 Å². The number of nitrogens with zero attached hydrogens (tertiary/aromatic N) is 2. The average Bonchev–Trinajstić information content (AvgIpc) is 2.88. The van der Waals surface area contributed by atoms with Crippen LogP contribution in [-0.4, -0.2) is 44.8 Å². The zero-order valence-electron chi connectivity index (χ0n) is 19.3. The number of nitriles is 1. The van der Waals surface area contributed by atoms with E-state index >= 15 is 0 Å². The number of ether oxygens (including phenoxy) is 1. The van der Waals surface area contributed by atoms with Crippen molar-refractivity contribution >= 4 is 22.6 Å². The van der Waals surface area contributed by atoms with E-state index in [-0.39, 0.29) is 16.5 Å². The van der Waals surface area contributed by atoms with Crippen molar-refractivity contribution in [1.82, 2.24) is 10.3 Å². The number of rotatable bonds is 6. The summed E-state index contributed by atoms with van der Waals surface area (Å²) in [4.78, 5) is 26.8. The number of carbonyl (C=O) groups excluding carboxylic acids is 1. The van der Waals surface area contributed by atoms with Gasteiger partial charge >= 0.3 is 5.97 Å². The Morgan fingerprint density at radius 3 is 2.19 bits per heavy atom. The van der Waals surface area contributed by atoms with Gasteiger partial charge in [0.2, 0.25) is 0 Å². The van der Waals surface area contributed by atoms with Gasteiger partial charge in [0.1, 0.15) is 23.3 Å². The first-order valence-corrected chi connectivity index (χ1v) is 10.8. The third kappa shape index (κ3) is 6.56. The molecule has 4 rings (SSSR count). The molecule has 182 valence electrons. The minimum atomic E-state index is -1.81. The maximum absolute atomic E-state index is 12.2. The predicted octanol–water partition coefficient (Wildman–Crippen LogP) is 3.77. The summed E-state index contributed by atoms with van der Waals surface area (Å²) in [5, 5.41) is 40.4. The van der Waals surface area contributed by atoms with E-state index in [4.69, 9.17) is 9.84 Å². The van der Waals surface area contributed by atoms with Gasteiger partial charge in [0.25, 0.3) is 5.91 Å². The van der Waals surface area contributed by atoms with Crippen LogP contribution in [0.25, 0.3) is 10.8 Å². The van der Waals surface area contributed by atoms with Crippen LogP contribution in [0.1, 0.15) is 21.7 Å². The van der Waals surface area contributed by atoms with Crippen LogP contribution >= 0.6 is 0 Å². The van der Waals surface area contributed by atoms with Crippen LogP contribution in [0.2, 0.25) is 0 Å². The molecule has 9 heteroatoms. The van der Waals surface area contributed by atoms with E-state index in [1.54, 1.807) is 30.3 Å². The Hall–Kier alpha value is -4.94. The molecule has 0 spiro atoms. The summed E-state index contributed by atoms with van der Waals surface area (Å²) >= 11 is 0. The summed E-state index contributed by atoms with van der Waals surface area (Å²) in [7, 11) is 0. The van der Waals surface area contributed by atoms with Crippen LogP contribution in [0.15, 0.2) is 78.9 Å². The molecule has 0 radical (unpaired) electrons. The first-order valence-electron chi connectivity index (χ1n) is 10.8. The quantitative estimate of drug-likeness (QED) is 0.322. The number of aliphatic carboxylic acids is 1. The number of carboxylic acids is 1. The fourth-order valence-corrected chi connectivity index (χ4v) is 3.10. The van der Waals surface area contributed by atoms with Crippen LogP contribution in [-0.2, 0) is 4.79 Å². The molecule has 1 unspecified atom stereocenters. The lowest BCUT2D eigenvalue weighted by Crippen LogP contribution is -2.36. The van der Waals surface area contributed by atoms with Crippen molar-refractivity contribution in [1.29, 1.82) is 5.26 Å². The third-order valence-electron chi connectivity index (χ3n) is 4.93. The van der Waals surface area contributed by atoms with Gasteiger partial charge in [-0.2, -0.15) is 5.26 Å². The minimum Gasteiger partial charge on any atom is -0.505 e. The first kappa shape index (κ1) is 25.7. The highest BCUT2D eigenvalue weighted by Gasteiger charge is 2.21. The largest absolute Gasteiger partial charge is 0.505 e. The molecular formula is C27H23N3O6. The van der Waals surface area contributed by atoms with Crippen molar-refractivity contribution in [3.05, 3.63) is 95.8 Å². The smallest absolute Gasteiger partial charge is 0.334 e. The second kappa shape index (κ2) is 12.0. The number of hydrogen-bond acceptors (Lipinski definition) is 7. The van der Waals surface area contributed by atoms with E-state index in [0.29, 0.717) is 11.5 Å². The molecule has 36 heavy (non-hydrogen) atoms. The molecule has 1 atom stereocenters. The molecule has 9 nitrogen and oxygen atoms in total. The maximum Gasteiger partial charge on any atom is 0.334 e. The normalized spacial score (nSPS) is 10.9. The number of aryl methyl sites for hydroxylation is 1.